The van der Waals surface area contributed by atoms with E-state index in [-0.39, 0.29) is 6.04 Å². The van der Waals surface area contributed by atoms with Crippen LogP contribution in [-0.4, -0.2) is 26.1 Å². The van der Waals surface area contributed by atoms with Crippen LogP contribution in [0.3, 0.4) is 0 Å². The van der Waals surface area contributed by atoms with Crippen molar-refractivity contribution < 1.29 is 13.2 Å². The highest BCUT2D eigenvalue weighted by Gasteiger charge is 2.31. The van der Waals surface area contributed by atoms with Gasteiger partial charge in [-0.15, -0.1) is 0 Å². The van der Waals surface area contributed by atoms with Gasteiger partial charge in [0.2, 0.25) is 0 Å². The summed E-state index contributed by atoms with van der Waals surface area (Å²) in [5.41, 5.74) is 0.239. The van der Waals surface area contributed by atoms with E-state index in [0.29, 0.717) is 5.82 Å². The predicted octanol–water partition coefficient (Wildman–Crippen LogP) is 4.41. The van der Waals surface area contributed by atoms with Gasteiger partial charge in [-0.2, -0.15) is 13.2 Å². The SMILES string of the molecule is FC(F)(F)c1ccc(C2CCCCN2c2cc(-n3ccnc3)ncn2)cc1. The van der Waals surface area contributed by atoms with Gasteiger partial charge in [0.15, 0.2) is 0 Å². The number of aromatic nitrogens is 4. The van der Waals surface area contributed by atoms with Crippen LogP contribution in [0.5, 0.6) is 0 Å². The lowest BCUT2D eigenvalue weighted by Crippen LogP contribution is -2.34. The average Bonchev–Trinajstić information content (AvgIpc) is 3.22. The van der Waals surface area contributed by atoms with Crippen molar-refractivity contribution in [3.63, 3.8) is 0 Å². The molecule has 0 bridgehead atoms. The Labute approximate surface area is 154 Å². The van der Waals surface area contributed by atoms with Crippen LogP contribution in [0.1, 0.15) is 36.4 Å². The Hall–Kier alpha value is -2.90. The van der Waals surface area contributed by atoms with Gasteiger partial charge in [0.05, 0.1) is 11.6 Å². The van der Waals surface area contributed by atoms with Crippen LogP contribution in [0, 0.1) is 0 Å². The molecule has 1 unspecified atom stereocenters. The molecule has 0 aliphatic carbocycles. The average molecular weight is 373 g/mol. The van der Waals surface area contributed by atoms with Crippen molar-refractivity contribution in [3.8, 4) is 5.82 Å². The molecule has 1 fully saturated rings. The predicted molar refractivity (Wildman–Crippen MR) is 94.5 cm³/mol. The summed E-state index contributed by atoms with van der Waals surface area (Å²) in [5, 5.41) is 0. The number of hydrogen-bond acceptors (Lipinski definition) is 4. The molecule has 1 aromatic carbocycles. The fourth-order valence-corrected chi connectivity index (χ4v) is 3.48. The normalized spacial score (nSPS) is 17.9. The van der Waals surface area contributed by atoms with Crippen LogP contribution in [-0.2, 0) is 6.18 Å². The molecule has 1 aliphatic rings. The quantitative estimate of drug-likeness (QED) is 0.682. The highest BCUT2D eigenvalue weighted by Crippen LogP contribution is 2.36. The van der Waals surface area contributed by atoms with Crippen LogP contribution in [0.15, 0.2) is 55.4 Å². The van der Waals surface area contributed by atoms with Crippen molar-refractivity contribution in [2.75, 3.05) is 11.4 Å². The highest BCUT2D eigenvalue weighted by molar-refractivity contribution is 5.47. The number of imidazole rings is 1. The van der Waals surface area contributed by atoms with E-state index in [9.17, 15) is 13.2 Å². The number of halogens is 3. The van der Waals surface area contributed by atoms with E-state index in [1.807, 2.05) is 6.07 Å². The largest absolute Gasteiger partial charge is 0.416 e. The molecule has 2 aromatic heterocycles. The topological polar surface area (TPSA) is 46.8 Å². The molecule has 0 radical (unpaired) electrons. The van der Waals surface area contributed by atoms with Gasteiger partial charge in [-0.1, -0.05) is 12.1 Å². The van der Waals surface area contributed by atoms with Crippen LogP contribution in [0.25, 0.3) is 5.82 Å². The lowest BCUT2D eigenvalue weighted by molar-refractivity contribution is -0.137. The standard InChI is InChI=1S/C19H18F3N5/c20-19(21,22)15-6-4-14(5-7-15)16-3-1-2-9-27(16)18-11-17(24-12-25-18)26-10-8-23-13-26/h4-8,10-13,16H,1-3,9H2. The van der Waals surface area contributed by atoms with E-state index in [1.165, 1.54) is 6.33 Å². The molecule has 4 rings (SSSR count). The van der Waals surface area contributed by atoms with Gasteiger partial charge in [0.25, 0.3) is 0 Å². The number of piperidine rings is 1. The summed E-state index contributed by atoms with van der Waals surface area (Å²) in [6.45, 7) is 0.798. The molecule has 0 spiro atoms. The summed E-state index contributed by atoms with van der Waals surface area (Å²) in [6.07, 6.45) is 5.23. The van der Waals surface area contributed by atoms with Crippen LogP contribution >= 0.6 is 0 Å². The Balaban J connectivity index is 1.64. The Bertz CT molecular complexity index is 890. The fourth-order valence-electron chi connectivity index (χ4n) is 3.48. The van der Waals surface area contributed by atoms with Gasteiger partial charge in [0.1, 0.15) is 24.3 Å². The van der Waals surface area contributed by atoms with E-state index < -0.39 is 11.7 Å². The number of rotatable bonds is 3. The van der Waals surface area contributed by atoms with E-state index in [0.717, 1.165) is 49.3 Å². The van der Waals surface area contributed by atoms with Gasteiger partial charge in [-0.3, -0.25) is 4.57 Å². The van der Waals surface area contributed by atoms with Crippen LogP contribution in [0.2, 0.25) is 0 Å². The summed E-state index contributed by atoms with van der Waals surface area (Å²) in [6, 6.07) is 7.32. The first-order valence-corrected chi connectivity index (χ1v) is 8.76. The minimum Gasteiger partial charge on any atom is -0.349 e. The summed E-state index contributed by atoms with van der Waals surface area (Å²) in [7, 11) is 0. The van der Waals surface area contributed by atoms with Crippen LogP contribution < -0.4 is 4.90 Å². The number of nitrogens with zero attached hydrogens (tertiary/aromatic N) is 5. The van der Waals surface area contributed by atoms with Crippen molar-refractivity contribution in [3.05, 3.63) is 66.5 Å². The zero-order valence-electron chi connectivity index (χ0n) is 14.5. The molecule has 27 heavy (non-hydrogen) atoms. The maximum atomic E-state index is 12.8. The molecule has 140 valence electrons. The Morgan fingerprint density at radius 1 is 1.00 bits per heavy atom. The molecule has 3 heterocycles. The van der Waals surface area contributed by atoms with Gasteiger partial charge >= 0.3 is 6.18 Å². The first-order valence-electron chi connectivity index (χ1n) is 8.76. The van der Waals surface area contributed by atoms with E-state index >= 15 is 0 Å². The second-order valence-electron chi connectivity index (χ2n) is 6.53. The van der Waals surface area contributed by atoms with Gasteiger partial charge < -0.3 is 4.90 Å². The summed E-state index contributed by atoms with van der Waals surface area (Å²) >= 11 is 0. The van der Waals surface area contributed by atoms with Crippen molar-refractivity contribution in [2.45, 2.75) is 31.5 Å². The molecule has 0 amide bonds. The Morgan fingerprint density at radius 3 is 2.48 bits per heavy atom. The minimum absolute atomic E-state index is 0.00780. The highest BCUT2D eigenvalue weighted by atomic mass is 19.4. The third-order valence-corrected chi connectivity index (χ3v) is 4.83. The maximum absolute atomic E-state index is 12.8. The van der Waals surface area contributed by atoms with E-state index in [2.05, 4.69) is 19.9 Å². The number of benzene rings is 1. The molecule has 5 nitrogen and oxygen atoms in total. The van der Waals surface area contributed by atoms with E-state index in [1.54, 1.807) is 35.4 Å². The van der Waals surface area contributed by atoms with Gasteiger partial charge in [-0.05, 0) is 37.0 Å². The first-order chi connectivity index (χ1) is 13.0. The third kappa shape index (κ3) is 3.65. The maximum Gasteiger partial charge on any atom is 0.416 e. The molecule has 3 aromatic rings. The van der Waals surface area contributed by atoms with Crippen molar-refractivity contribution in [1.82, 2.24) is 19.5 Å². The lowest BCUT2D eigenvalue weighted by atomic mass is 9.94. The van der Waals surface area contributed by atoms with Gasteiger partial charge in [-0.25, -0.2) is 15.0 Å². The number of alkyl halides is 3. The monoisotopic (exact) mass is 373 g/mol. The van der Waals surface area contributed by atoms with Crippen LogP contribution in [0.4, 0.5) is 19.0 Å². The Morgan fingerprint density at radius 2 is 1.78 bits per heavy atom. The van der Waals surface area contributed by atoms with Crippen molar-refractivity contribution in [2.24, 2.45) is 0 Å². The second-order valence-corrected chi connectivity index (χ2v) is 6.53. The smallest absolute Gasteiger partial charge is 0.349 e. The van der Waals surface area contributed by atoms with E-state index in [4.69, 9.17) is 0 Å². The molecule has 8 heteroatoms. The first kappa shape index (κ1) is 17.5. The van der Waals surface area contributed by atoms with Crippen molar-refractivity contribution in [1.29, 1.82) is 0 Å². The number of hydrogen-bond donors (Lipinski definition) is 0. The van der Waals surface area contributed by atoms with Gasteiger partial charge in [0, 0.05) is 25.0 Å². The molecule has 1 saturated heterocycles. The zero-order valence-corrected chi connectivity index (χ0v) is 14.5. The summed E-state index contributed by atoms with van der Waals surface area (Å²) in [5.74, 6) is 1.47. The molecule has 1 aliphatic heterocycles. The molecular formula is C19H18F3N5. The van der Waals surface area contributed by atoms with Crippen molar-refractivity contribution >= 4 is 5.82 Å². The fraction of sp³-hybridized carbons (Fsp3) is 0.316. The lowest BCUT2D eigenvalue weighted by Gasteiger charge is -2.37. The molecule has 0 saturated carbocycles. The second kappa shape index (κ2) is 7.02. The zero-order chi connectivity index (χ0) is 18.9. The molecule has 0 N–H and O–H groups in total. The summed E-state index contributed by atoms with van der Waals surface area (Å²) < 4.78 is 40.3. The number of anilines is 1. The Kier molecular flexibility index (Phi) is 4.55. The third-order valence-electron chi connectivity index (χ3n) is 4.83. The molecular weight excluding hydrogens is 355 g/mol. The minimum atomic E-state index is -4.32. The summed E-state index contributed by atoms with van der Waals surface area (Å²) in [4.78, 5) is 14.9. The molecule has 1 atom stereocenters.